The van der Waals surface area contributed by atoms with Crippen molar-refractivity contribution in [1.82, 2.24) is 0 Å². The van der Waals surface area contributed by atoms with Gasteiger partial charge >= 0.3 is 5.97 Å². The molecule has 94 valence electrons. The Morgan fingerprint density at radius 1 is 1.24 bits per heavy atom. The van der Waals surface area contributed by atoms with E-state index >= 15 is 0 Å². The van der Waals surface area contributed by atoms with Crippen LogP contribution in [0.25, 0.3) is 0 Å². The molecule has 0 saturated carbocycles. The second-order valence-electron chi connectivity index (χ2n) is 3.49. The summed E-state index contributed by atoms with van der Waals surface area (Å²) in [6, 6.07) is 6.52. The molecule has 0 aliphatic heterocycles. The van der Waals surface area contributed by atoms with Crippen molar-refractivity contribution in [3.8, 4) is 0 Å². The van der Waals surface area contributed by atoms with Gasteiger partial charge in [-0.15, -0.1) is 0 Å². The van der Waals surface area contributed by atoms with Crippen molar-refractivity contribution in [2.75, 3.05) is 12.4 Å². The zero-order valence-corrected chi connectivity index (χ0v) is 10.8. The van der Waals surface area contributed by atoms with Gasteiger partial charge in [0.1, 0.15) is 0 Å². The van der Waals surface area contributed by atoms with Gasteiger partial charge in [0.2, 0.25) is 0 Å². The molecule has 0 unspecified atom stereocenters. The van der Waals surface area contributed by atoms with Crippen LogP contribution >= 0.6 is 0 Å². The smallest absolute Gasteiger partial charge is 0.310 e. The normalized spacial score (nSPS) is 11.2. The summed E-state index contributed by atoms with van der Waals surface area (Å²) < 4.78 is 28.4. The van der Waals surface area contributed by atoms with E-state index in [-0.39, 0.29) is 17.1 Å². The molecule has 0 atom stereocenters. The van der Waals surface area contributed by atoms with Crippen LogP contribution in [0.2, 0.25) is 0 Å². The average Bonchev–Trinajstić information content (AvgIpc) is 2.30. The highest BCUT2D eigenvalue weighted by Gasteiger charge is 2.17. The minimum Gasteiger partial charge on any atom is -0.466 e. The Labute approximate surface area is 102 Å². The number of rotatable bonds is 5. The van der Waals surface area contributed by atoms with Gasteiger partial charge in [0.05, 0.1) is 23.7 Å². The van der Waals surface area contributed by atoms with Gasteiger partial charge in [-0.2, -0.15) is 0 Å². The van der Waals surface area contributed by atoms with Crippen molar-refractivity contribution in [3.63, 3.8) is 0 Å². The molecule has 0 fully saturated rings. The SMILES string of the molecule is CCOC(=O)Cc1ccccc1S(=O)(=O)CC. The van der Waals surface area contributed by atoms with Crippen molar-refractivity contribution in [1.29, 1.82) is 0 Å². The summed E-state index contributed by atoms with van der Waals surface area (Å²) in [6.45, 7) is 3.59. The molecule has 0 heterocycles. The zero-order chi connectivity index (χ0) is 12.9. The molecular weight excluding hydrogens is 240 g/mol. The van der Waals surface area contributed by atoms with Crippen LogP contribution in [-0.4, -0.2) is 26.7 Å². The van der Waals surface area contributed by atoms with Crippen molar-refractivity contribution in [2.24, 2.45) is 0 Å². The molecule has 0 saturated heterocycles. The summed E-state index contributed by atoms with van der Waals surface area (Å²) >= 11 is 0. The first kappa shape index (κ1) is 13.7. The van der Waals surface area contributed by atoms with Crippen LogP contribution in [0.15, 0.2) is 29.2 Å². The van der Waals surface area contributed by atoms with E-state index < -0.39 is 15.8 Å². The fourth-order valence-electron chi connectivity index (χ4n) is 1.48. The minimum atomic E-state index is -3.30. The van der Waals surface area contributed by atoms with Gasteiger partial charge in [-0.3, -0.25) is 4.79 Å². The molecule has 1 aromatic rings. The largest absolute Gasteiger partial charge is 0.466 e. The number of hydrogen-bond acceptors (Lipinski definition) is 4. The number of esters is 1. The first-order chi connectivity index (χ1) is 8.01. The Balaban J connectivity index is 3.05. The number of carbonyl (C=O) groups excluding carboxylic acids is 1. The molecule has 0 N–H and O–H groups in total. The van der Waals surface area contributed by atoms with Crippen LogP contribution in [0, 0.1) is 0 Å². The average molecular weight is 256 g/mol. The van der Waals surface area contributed by atoms with Gasteiger partial charge in [-0.1, -0.05) is 25.1 Å². The van der Waals surface area contributed by atoms with Crippen molar-refractivity contribution >= 4 is 15.8 Å². The molecule has 0 aromatic heterocycles. The zero-order valence-electron chi connectivity index (χ0n) is 9.97. The first-order valence-electron chi connectivity index (χ1n) is 5.47. The second kappa shape index (κ2) is 5.82. The van der Waals surface area contributed by atoms with Gasteiger partial charge in [0.25, 0.3) is 0 Å². The third-order valence-corrected chi connectivity index (χ3v) is 4.16. The highest BCUT2D eigenvalue weighted by Crippen LogP contribution is 2.17. The standard InChI is InChI=1S/C12H16O4S/c1-3-16-12(13)9-10-7-5-6-8-11(10)17(14,15)4-2/h5-8H,3-4,9H2,1-2H3. The maximum absolute atomic E-state index is 11.8. The molecule has 1 rings (SSSR count). The highest BCUT2D eigenvalue weighted by molar-refractivity contribution is 7.91. The second-order valence-corrected chi connectivity index (χ2v) is 5.74. The highest BCUT2D eigenvalue weighted by atomic mass is 32.2. The van der Waals surface area contributed by atoms with Crippen molar-refractivity contribution in [2.45, 2.75) is 25.2 Å². The van der Waals surface area contributed by atoms with Crippen LogP contribution in [0.4, 0.5) is 0 Å². The van der Waals surface area contributed by atoms with E-state index in [1.165, 1.54) is 6.07 Å². The number of benzene rings is 1. The Bertz CT molecular complexity index is 491. The Morgan fingerprint density at radius 2 is 1.88 bits per heavy atom. The Hall–Kier alpha value is -1.36. The summed E-state index contributed by atoms with van der Waals surface area (Å²) in [4.78, 5) is 11.6. The maximum atomic E-state index is 11.8. The summed E-state index contributed by atoms with van der Waals surface area (Å²) in [6.07, 6.45) is -0.0107. The monoisotopic (exact) mass is 256 g/mol. The summed E-state index contributed by atoms with van der Waals surface area (Å²) in [5.41, 5.74) is 0.493. The van der Waals surface area contributed by atoms with E-state index in [4.69, 9.17) is 4.74 Å². The topological polar surface area (TPSA) is 60.4 Å². The Morgan fingerprint density at radius 3 is 2.47 bits per heavy atom. The van der Waals surface area contributed by atoms with Gasteiger partial charge in [0.15, 0.2) is 9.84 Å². The van der Waals surface area contributed by atoms with E-state index in [2.05, 4.69) is 0 Å². The lowest BCUT2D eigenvalue weighted by molar-refractivity contribution is -0.142. The van der Waals surface area contributed by atoms with E-state index in [0.717, 1.165) is 0 Å². The predicted molar refractivity (Wildman–Crippen MR) is 64.5 cm³/mol. The molecule has 1 aromatic carbocycles. The van der Waals surface area contributed by atoms with Gasteiger partial charge in [0, 0.05) is 0 Å². The predicted octanol–water partition coefficient (Wildman–Crippen LogP) is 1.59. The van der Waals surface area contributed by atoms with Crippen molar-refractivity contribution in [3.05, 3.63) is 29.8 Å². The molecule has 0 aliphatic rings. The molecule has 4 nitrogen and oxygen atoms in total. The van der Waals surface area contributed by atoms with Crippen LogP contribution in [0.1, 0.15) is 19.4 Å². The molecule has 0 aliphatic carbocycles. The first-order valence-corrected chi connectivity index (χ1v) is 7.12. The van der Waals surface area contributed by atoms with Gasteiger partial charge < -0.3 is 4.74 Å². The van der Waals surface area contributed by atoms with E-state index in [9.17, 15) is 13.2 Å². The van der Waals surface area contributed by atoms with Gasteiger partial charge in [-0.05, 0) is 18.6 Å². The summed E-state index contributed by atoms with van der Waals surface area (Å²) in [5.74, 6) is -0.390. The van der Waals surface area contributed by atoms with E-state index in [0.29, 0.717) is 12.2 Å². The van der Waals surface area contributed by atoms with Crippen LogP contribution in [0.3, 0.4) is 0 Å². The van der Waals surface area contributed by atoms with E-state index in [1.54, 1.807) is 32.0 Å². The lowest BCUT2D eigenvalue weighted by atomic mass is 10.1. The molecule has 0 bridgehead atoms. The molecule has 0 amide bonds. The third kappa shape index (κ3) is 3.56. The lowest BCUT2D eigenvalue weighted by Crippen LogP contribution is -2.12. The number of carbonyl (C=O) groups is 1. The fraction of sp³-hybridized carbons (Fsp3) is 0.417. The molecule has 0 spiro atoms. The van der Waals surface area contributed by atoms with Crippen LogP contribution < -0.4 is 0 Å². The van der Waals surface area contributed by atoms with E-state index in [1.807, 2.05) is 0 Å². The van der Waals surface area contributed by atoms with Gasteiger partial charge in [-0.25, -0.2) is 8.42 Å². The van der Waals surface area contributed by atoms with Crippen LogP contribution in [0.5, 0.6) is 0 Å². The van der Waals surface area contributed by atoms with Crippen molar-refractivity contribution < 1.29 is 17.9 Å². The minimum absolute atomic E-state index is 0.0107. The Kier molecular flexibility index (Phi) is 4.69. The number of hydrogen-bond donors (Lipinski definition) is 0. The quantitative estimate of drug-likeness (QED) is 0.750. The third-order valence-electron chi connectivity index (χ3n) is 2.33. The molecule has 0 radical (unpaired) electrons. The fourth-order valence-corrected chi connectivity index (χ4v) is 2.61. The summed E-state index contributed by atoms with van der Waals surface area (Å²) in [5, 5.41) is 0. The molecular formula is C12H16O4S. The summed E-state index contributed by atoms with van der Waals surface area (Å²) in [7, 11) is -3.30. The molecule has 17 heavy (non-hydrogen) atoms. The maximum Gasteiger partial charge on any atom is 0.310 e. The molecule has 5 heteroatoms. The number of ether oxygens (including phenoxy) is 1. The lowest BCUT2D eigenvalue weighted by Gasteiger charge is -2.08. The van der Waals surface area contributed by atoms with Crippen LogP contribution in [-0.2, 0) is 25.8 Å². The number of sulfone groups is 1.